The Kier molecular flexibility index (Phi) is 4.28. The van der Waals surface area contributed by atoms with Gasteiger partial charge in [-0.3, -0.25) is 14.6 Å². The van der Waals surface area contributed by atoms with E-state index in [1.54, 1.807) is 35.6 Å². The maximum atomic E-state index is 13.0. The van der Waals surface area contributed by atoms with Crippen LogP contribution in [-0.4, -0.2) is 75.5 Å². The number of carbonyl (C=O) groups excluding carboxylic acids is 2. The number of benzene rings is 1. The highest BCUT2D eigenvalue weighted by Gasteiger charge is 2.41. The lowest BCUT2D eigenvalue weighted by Crippen LogP contribution is -2.43. The van der Waals surface area contributed by atoms with Crippen LogP contribution >= 0.6 is 0 Å². The van der Waals surface area contributed by atoms with Crippen LogP contribution in [-0.2, 0) is 9.53 Å². The zero-order valence-electron chi connectivity index (χ0n) is 16.0. The Hall–Kier alpha value is -3.26. The van der Waals surface area contributed by atoms with Crippen LogP contribution in [0.2, 0.25) is 0 Å². The van der Waals surface area contributed by atoms with E-state index in [1.807, 2.05) is 24.3 Å². The van der Waals surface area contributed by atoms with Gasteiger partial charge in [0.25, 0.3) is 5.91 Å². The number of aromatic nitrogens is 3. The van der Waals surface area contributed by atoms with Gasteiger partial charge in [0.2, 0.25) is 5.91 Å². The Labute approximate surface area is 167 Å². The lowest BCUT2D eigenvalue weighted by molar-refractivity contribution is -0.131. The maximum Gasteiger partial charge on any atom is 0.254 e. The van der Waals surface area contributed by atoms with Crippen molar-refractivity contribution in [3.05, 3.63) is 48.5 Å². The minimum atomic E-state index is -0.127. The quantitative estimate of drug-likeness (QED) is 0.718. The highest BCUT2D eigenvalue weighted by Crippen LogP contribution is 2.27. The number of imidazole rings is 1. The fourth-order valence-electron chi connectivity index (χ4n) is 4.17. The van der Waals surface area contributed by atoms with E-state index in [-0.39, 0.29) is 24.0 Å². The molecule has 0 saturated carbocycles. The second kappa shape index (κ2) is 6.97. The lowest BCUT2D eigenvalue weighted by atomic mass is 10.0. The molecule has 8 nitrogen and oxygen atoms in total. The summed E-state index contributed by atoms with van der Waals surface area (Å²) in [5.41, 5.74) is 4.20. The Morgan fingerprint density at radius 3 is 2.86 bits per heavy atom. The molecule has 2 aliphatic heterocycles. The van der Waals surface area contributed by atoms with Crippen molar-refractivity contribution in [1.82, 2.24) is 24.8 Å². The molecule has 2 amide bonds. The summed E-state index contributed by atoms with van der Waals surface area (Å²) in [5, 5.41) is 0. The molecule has 2 aromatic heterocycles. The van der Waals surface area contributed by atoms with E-state index in [0.29, 0.717) is 31.7 Å². The van der Waals surface area contributed by atoms with Crippen molar-refractivity contribution in [3.63, 3.8) is 0 Å². The topological polar surface area (TPSA) is 91.4 Å². The second-order valence-electron chi connectivity index (χ2n) is 7.50. The van der Waals surface area contributed by atoms with E-state index >= 15 is 0 Å². The summed E-state index contributed by atoms with van der Waals surface area (Å²) in [6.07, 6.45) is 5.43. The molecule has 2 saturated heterocycles. The molecule has 0 unspecified atom stereocenters. The molecule has 0 bridgehead atoms. The first-order valence-corrected chi connectivity index (χ1v) is 9.66. The number of hydrogen-bond donors (Lipinski definition) is 1. The molecule has 148 valence electrons. The Bertz CT molecular complexity index is 1080. The number of ether oxygens (including phenoxy) is 1. The monoisotopic (exact) mass is 391 g/mol. The van der Waals surface area contributed by atoms with Crippen molar-refractivity contribution in [2.45, 2.75) is 18.6 Å². The fourth-order valence-corrected chi connectivity index (χ4v) is 4.17. The van der Waals surface area contributed by atoms with Crippen LogP contribution < -0.4 is 0 Å². The van der Waals surface area contributed by atoms with Gasteiger partial charge in [0, 0.05) is 37.5 Å². The summed E-state index contributed by atoms with van der Waals surface area (Å²) in [7, 11) is 1.79. The largest absolute Gasteiger partial charge is 0.374 e. The van der Waals surface area contributed by atoms with Gasteiger partial charge in [-0.05, 0) is 17.7 Å². The number of pyridine rings is 1. The van der Waals surface area contributed by atoms with Crippen LogP contribution in [0.3, 0.4) is 0 Å². The predicted molar refractivity (Wildman–Crippen MR) is 106 cm³/mol. The number of fused-ring (bicyclic) bond motifs is 2. The van der Waals surface area contributed by atoms with Gasteiger partial charge in [0.1, 0.15) is 0 Å². The van der Waals surface area contributed by atoms with Gasteiger partial charge in [-0.1, -0.05) is 12.1 Å². The number of amides is 2. The normalized spacial score (nSPS) is 22.0. The van der Waals surface area contributed by atoms with Gasteiger partial charge in [0.15, 0.2) is 0 Å². The minimum absolute atomic E-state index is 0.0508. The van der Waals surface area contributed by atoms with E-state index in [4.69, 9.17) is 4.74 Å². The summed E-state index contributed by atoms with van der Waals surface area (Å²) < 4.78 is 5.82. The van der Waals surface area contributed by atoms with Gasteiger partial charge in [-0.15, -0.1) is 0 Å². The Morgan fingerprint density at radius 1 is 1.21 bits per heavy atom. The van der Waals surface area contributed by atoms with E-state index in [2.05, 4.69) is 15.0 Å². The smallest absolute Gasteiger partial charge is 0.254 e. The number of nitrogens with one attached hydrogen (secondary N) is 1. The van der Waals surface area contributed by atoms with E-state index < -0.39 is 0 Å². The van der Waals surface area contributed by atoms with E-state index in [9.17, 15) is 9.59 Å². The molecule has 4 heterocycles. The summed E-state index contributed by atoms with van der Waals surface area (Å²) in [5.74, 6) is 0.0162. The van der Waals surface area contributed by atoms with Crippen molar-refractivity contribution < 1.29 is 14.3 Å². The average molecular weight is 391 g/mol. The van der Waals surface area contributed by atoms with Gasteiger partial charge >= 0.3 is 0 Å². The van der Waals surface area contributed by atoms with Crippen molar-refractivity contribution >= 4 is 22.8 Å². The van der Waals surface area contributed by atoms with Crippen molar-refractivity contribution in [2.75, 3.05) is 26.7 Å². The number of rotatable bonds is 2. The maximum absolute atomic E-state index is 13.0. The second-order valence-corrected chi connectivity index (χ2v) is 7.50. The van der Waals surface area contributed by atoms with Crippen LogP contribution in [0, 0.1) is 0 Å². The number of likely N-dealkylation sites (N-methyl/N-ethyl adjacent to an activating group) is 1. The summed E-state index contributed by atoms with van der Waals surface area (Å²) in [6, 6.07) is 7.40. The molecule has 3 aromatic rings. The Balaban J connectivity index is 1.36. The molecule has 29 heavy (non-hydrogen) atoms. The first-order valence-electron chi connectivity index (χ1n) is 9.66. The van der Waals surface area contributed by atoms with Gasteiger partial charge in [0.05, 0.1) is 48.7 Å². The van der Waals surface area contributed by atoms with Gasteiger partial charge < -0.3 is 19.5 Å². The molecule has 1 N–H and O–H groups in total. The van der Waals surface area contributed by atoms with Crippen LogP contribution in [0.4, 0.5) is 0 Å². The molecule has 5 rings (SSSR count). The van der Waals surface area contributed by atoms with E-state index in [1.165, 1.54) is 0 Å². The van der Waals surface area contributed by atoms with Crippen LogP contribution in [0.15, 0.2) is 43.0 Å². The number of hydrogen-bond acceptors (Lipinski definition) is 5. The third kappa shape index (κ3) is 3.05. The first kappa shape index (κ1) is 17.8. The summed E-state index contributed by atoms with van der Waals surface area (Å²) in [6.45, 7) is 1.40. The van der Waals surface area contributed by atoms with Crippen molar-refractivity contribution in [3.8, 4) is 11.1 Å². The number of aromatic amines is 1. The van der Waals surface area contributed by atoms with Crippen LogP contribution in [0.1, 0.15) is 16.8 Å². The number of carbonyl (C=O) groups is 2. The number of nitrogens with zero attached hydrogens (tertiary/aromatic N) is 4. The highest BCUT2D eigenvalue weighted by atomic mass is 16.5. The molecule has 2 aliphatic rings. The zero-order chi connectivity index (χ0) is 20.0. The predicted octanol–water partition coefficient (Wildman–Crippen LogP) is 1.70. The van der Waals surface area contributed by atoms with Crippen molar-refractivity contribution in [2.24, 2.45) is 0 Å². The zero-order valence-corrected chi connectivity index (χ0v) is 16.0. The molecule has 2 atom stereocenters. The fraction of sp³-hybridized carbons (Fsp3) is 0.333. The standard InChI is InChI=1S/C21H21N5O3/c1-25-17-10-26(11-18(17)29-7-6-19(25)27)21(28)14-4-2-13(3-5-14)15-8-22-9-16-20(15)24-12-23-16/h2-5,8-9,12,17-18H,6-7,10-11H2,1H3,(H,23,24)/t17-,18-/m0/s1. The summed E-state index contributed by atoms with van der Waals surface area (Å²) >= 11 is 0. The first-order chi connectivity index (χ1) is 14.1. The summed E-state index contributed by atoms with van der Waals surface area (Å²) in [4.78, 5) is 40.3. The molecular formula is C21H21N5O3. The number of H-pyrrole nitrogens is 1. The third-order valence-corrected chi connectivity index (χ3v) is 5.84. The lowest BCUT2D eigenvalue weighted by Gasteiger charge is -2.25. The van der Waals surface area contributed by atoms with E-state index in [0.717, 1.165) is 22.2 Å². The van der Waals surface area contributed by atoms with Gasteiger partial charge in [-0.2, -0.15) is 0 Å². The molecule has 1 aromatic carbocycles. The third-order valence-electron chi connectivity index (χ3n) is 5.84. The molecule has 0 aliphatic carbocycles. The molecule has 0 radical (unpaired) electrons. The Morgan fingerprint density at radius 2 is 2.03 bits per heavy atom. The highest BCUT2D eigenvalue weighted by molar-refractivity contribution is 5.96. The van der Waals surface area contributed by atoms with Gasteiger partial charge in [-0.25, -0.2) is 4.98 Å². The van der Waals surface area contributed by atoms with Crippen LogP contribution in [0.5, 0.6) is 0 Å². The molecule has 2 fully saturated rings. The SMILES string of the molecule is CN1C(=O)CCO[C@H]2CN(C(=O)c3ccc(-c4cncc5[nH]cnc45)cc3)C[C@@H]21. The van der Waals surface area contributed by atoms with Crippen molar-refractivity contribution in [1.29, 1.82) is 0 Å². The molecular weight excluding hydrogens is 370 g/mol. The number of likely N-dealkylation sites (tertiary alicyclic amines) is 1. The molecule has 0 spiro atoms. The minimum Gasteiger partial charge on any atom is -0.374 e. The molecule has 8 heteroatoms. The van der Waals surface area contributed by atoms with Crippen LogP contribution in [0.25, 0.3) is 22.2 Å². The average Bonchev–Trinajstić information content (AvgIpc) is 3.37.